The van der Waals surface area contributed by atoms with Crippen LogP contribution in [0.2, 0.25) is 10.0 Å². The fourth-order valence-corrected chi connectivity index (χ4v) is 18.8. The van der Waals surface area contributed by atoms with Crippen LogP contribution in [0.1, 0.15) is 285 Å². The van der Waals surface area contributed by atoms with E-state index in [-0.39, 0.29) is 76.1 Å². The van der Waals surface area contributed by atoms with Crippen LogP contribution in [0.4, 0.5) is 54.0 Å². The molecular formula is C99H147Cl2F6N10O6P. The number of aromatic nitrogens is 4. The van der Waals surface area contributed by atoms with Gasteiger partial charge in [-0.25, -0.2) is 4.40 Å². The molecule has 10 rings (SSSR count). The van der Waals surface area contributed by atoms with Crippen molar-refractivity contribution in [3.63, 3.8) is 0 Å². The Morgan fingerprint density at radius 1 is 0.524 bits per heavy atom. The van der Waals surface area contributed by atoms with E-state index in [1.165, 1.54) is 25.0 Å². The Bertz CT molecular complexity index is 4930. The molecule has 2 fully saturated rings. The van der Waals surface area contributed by atoms with Crippen LogP contribution in [0.15, 0.2) is 128 Å². The Hall–Kier alpha value is -7.81. The second kappa shape index (κ2) is 43.3. The molecule has 16 nitrogen and oxygen atoms in total. The van der Waals surface area contributed by atoms with Crippen molar-refractivity contribution in [2.75, 3.05) is 10.6 Å². The number of anilines is 2. The molecule has 6 atom stereocenters. The van der Waals surface area contributed by atoms with E-state index in [0.717, 1.165) is 152 Å². The number of unbranched alkanes of at least 4 members (excludes halogenated alkanes) is 2. The number of H-pyrrole nitrogens is 2. The SMILES string of the molecule is C.CCC(CC)Oc1cc(C)ccc1N=[NH2+].CCCCC(CC)C(=O)Nc1cc(=O)n2c(N=Nc3ccc(C)cc3OC(CC)CC)c(-c3ccc(Cl)cc3)c(CC3C(C(C)(C)C)CC(C)CC3C(C)(C)C)c2[nH]1.CCCCC(CC)C(=O)Nc1cc(=O)n2cc(-c3ccc(Cl)cc3)c(CC3C(C(C)(C)C)CC(C)CC3C(C)(C)C)c2[nH]1.F[P-](F)(F)(F)(F)F. The first kappa shape index (κ1) is 105. The van der Waals surface area contributed by atoms with E-state index < -0.39 is 7.81 Å². The first-order chi connectivity index (χ1) is 57.2. The van der Waals surface area contributed by atoms with Crippen molar-refractivity contribution < 1.29 is 49.8 Å². The number of aryl methyl sites for hydroxylation is 2. The van der Waals surface area contributed by atoms with E-state index in [1.54, 1.807) is 8.80 Å². The van der Waals surface area contributed by atoms with Gasteiger partial charge in [0.15, 0.2) is 17.3 Å². The number of nitrogens with two attached hydrogens (primary N) is 1. The molecule has 0 radical (unpaired) electrons. The second-order valence-electron chi connectivity index (χ2n) is 39.3. The summed E-state index contributed by atoms with van der Waals surface area (Å²) in [4.78, 5) is 62.3. The summed E-state index contributed by atoms with van der Waals surface area (Å²) in [7, 11) is -10.7. The average Bonchev–Trinajstić information content (AvgIpc) is 1.58. The van der Waals surface area contributed by atoms with Gasteiger partial charge in [0.25, 0.3) is 11.1 Å². The summed E-state index contributed by atoms with van der Waals surface area (Å²) in [6.07, 6.45) is 19.4. The fourth-order valence-electron chi connectivity index (χ4n) is 18.6. The summed E-state index contributed by atoms with van der Waals surface area (Å²) in [5, 5.41) is 21.1. The molecule has 2 aliphatic rings. The third kappa shape index (κ3) is 29.9. The van der Waals surface area contributed by atoms with Crippen LogP contribution in [-0.2, 0) is 22.4 Å². The molecule has 8 aromatic rings. The van der Waals surface area contributed by atoms with Crippen molar-refractivity contribution in [2.45, 2.75) is 301 Å². The van der Waals surface area contributed by atoms with Crippen molar-refractivity contribution in [2.24, 2.45) is 96.2 Å². The topological polar surface area (TPSA) is 214 Å². The summed E-state index contributed by atoms with van der Waals surface area (Å²) < 4.78 is 74.9. The Kier molecular flexibility index (Phi) is 36.7. The quantitative estimate of drug-likeness (QED) is 0.0175. The summed E-state index contributed by atoms with van der Waals surface area (Å²) in [5.74, 6) is 6.35. The number of hydrogen-bond acceptors (Lipinski definition) is 9. The third-order valence-electron chi connectivity index (χ3n) is 25.3. The molecule has 0 spiro atoms. The molecule has 690 valence electrons. The monoisotopic (exact) mass is 1790 g/mol. The number of amides is 2. The number of nitrogens with zero attached hydrogens (tertiary/aromatic N) is 5. The third-order valence-corrected chi connectivity index (χ3v) is 25.8. The van der Waals surface area contributed by atoms with Crippen LogP contribution in [-0.4, -0.2) is 42.8 Å². The molecular weight excluding hydrogens is 1640 g/mol. The van der Waals surface area contributed by atoms with Gasteiger partial charge in [-0.2, -0.15) is 5.53 Å². The van der Waals surface area contributed by atoms with Crippen LogP contribution in [0.5, 0.6) is 11.5 Å². The molecule has 2 saturated carbocycles. The van der Waals surface area contributed by atoms with E-state index in [9.17, 15) is 44.4 Å². The number of azo groups is 1. The maximum atomic E-state index is 14.6. The standard InChI is InChI=1S/C49H70ClN5O3.C37H54ClN3O2.C12H18N2O.CH4.F6P/c1-13-17-18-32(14-2)47(57)52-42-29-43(56)55-45(51-42)37(28-36-38(48(7,8)9)25-31(6)26-39(36)49(10,11)12)44(33-20-22-34(50)23-21-33)46(55)54-53-40-24-19-30(5)27-41(40)58-35(15-3)16-4;1-10-12-13-24(11-2)35(43)40-32-21-33(42)41-22-29(25-14-16-26(38)17-15-25)27(34(41)39-32)20-28-30(36(4,5)6)18-23(3)19-31(28)37(7,8)9;1-4-10(5-2)15-12-8-9(3)6-7-11(12)14-13;;1-7(2,3,4,5)6/h19-24,27,29,31-32,35-36,38-39,51H,13-18,25-26,28H2,1-12H3,(H,52,57);14-17,21-24,28,30-31,39H,10-13,18-20H2,1-9H3,(H,40,43);6-8,10,13H,4-5H2,1-3H3;1H4;/q;;;;-1/p+1. The number of halogens is 8. The van der Waals surface area contributed by atoms with E-state index in [1.807, 2.05) is 112 Å². The molecule has 2 aliphatic carbocycles. The Morgan fingerprint density at radius 2 is 0.895 bits per heavy atom. The van der Waals surface area contributed by atoms with E-state index in [0.29, 0.717) is 104 Å². The number of carbonyl (C=O) groups is 2. The van der Waals surface area contributed by atoms with Crippen molar-refractivity contribution in [3.05, 3.63) is 156 Å². The van der Waals surface area contributed by atoms with Crippen LogP contribution in [0.3, 0.4) is 0 Å². The number of hydrogen-bond donors (Lipinski definition) is 5. The van der Waals surface area contributed by atoms with E-state index >= 15 is 0 Å². The first-order valence-electron chi connectivity index (χ1n) is 44.8. The van der Waals surface area contributed by atoms with Gasteiger partial charge in [-0.15, -0.1) is 10.2 Å². The maximum absolute atomic E-state index is 14.6. The summed E-state index contributed by atoms with van der Waals surface area (Å²) in [5.41, 5.74) is 16.1. The first-order valence-corrected chi connectivity index (χ1v) is 47.6. The zero-order valence-corrected chi connectivity index (χ0v) is 80.1. The number of benzene rings is 4. The fraction of sp³-hybridized carbons (Fsp3) is 0.596. The number of fused-ring (bicyclic) bond motifs is 2. The number of ether oxygens (including phenoxy) is 2. The van der Waals surface area contributed by atoms with Gasteiger partial charge >= 0.3 is 33.0 Å². The van der Waals surface area contributed by atoms with Gasteiger partial charge in [-0.1, -0.05) is 245 Å². The van der Waals surface area contributed by atoms with Gasteiger partial charge in [0.05, 0.1) is 12.2 Å². The predicted molar refractivity (Wildman–Crippen MR) is 505 cm³/mol. The summed E-state index contributed by atoms with van der Waals surface area (Å²) >= 11 is 12.8. The number of carbonyl (C=O) groups excluding carboxylic acids is 2. The van der Waals surface area contributed by atoms with Crippen molar-refractivity contribution in [1.82, 2.24) is 18.8 Å². The molecule has 124 heavy (non-hydrogen) atoms. The molecule has 25 heteroatoms. The van der Waals surface area contributed by atoms with Crippen molar-refractivity contribution >= 4 is 82.9 Å². The van der Waals surface area contributed by atoms with E-state index in [2.05, 4.69) is 171 Å². The van der Waals surface area contributed by atoms with Crippen LogP contribution in [0.25, 0.3) is 33.5 Å². The molecule has 4 aromatic carbocycles. The summed E-state index contributed by atoms with van der Waals surface area (Å²) in [6.45, 7) is 54.3. The van der Waals surface area contributed by atoms with E-state index in [4.69, 9.17) is 48.4 Å². The minimum atomic E-state index is -10.7. The van der Waals surface area contributed by atoms with Crippen molar-refractivity contribution in [1.29, 1.82) is 0 Å². The molecule has 6 N–H and O–H groups in total. The zero-order valence-electron chi connectivity index (χ0n) is 77.7. The van der Waals surface area contributed by atoms with Crippen LogP contribution >= 0.6 is 31.0 Å². The zero-order chi connectivity index (χ0) is 91.9. The van der Waals surface area contributed by atoms with Crippen LogP contribution in [0, 0.1) is 94.7 Å². The Balaban J connectivity index is 0.000000313. The van der Waals surface area contributed by atoms with Gasteiger partial charge in [0, 0.05) is 62.5 Å². The predicted octanol–water partition coefficient (Wildman–Crippen LogP) is 30.7. The molecule has 4 heterocycles. The summed E-state index contributed by atoms with van der Waals surface area (Å²) in [6, 6.07) is 30.5. The van der Waals surface area contributed by atoms with Gasteiger partial charge < -0.3 is 30.1 Å². The number of aromatic amines is 2. The minimum absolute atomic E-state index is 0. The second-order valence-corrected chi connectivity index (χ2v) is 42.0. The average molecular weight is 1790 g/mol. The van der Waals surface area contributed by atoms with Gasteiger partial charge in [-0.3, -0.25) is 23.6 Å². The normalized spacial score (nSPS) is 19.4. The van der Waals surface area contributed by atoms with Crippen LogP contribution < -0.4 is 36.8 Å². The Morgan fingerprint density at radius 3 is 1.27 bits per heavy atom. The molecule has 2 amide bonds. The molecule has 0 aliphatic heterocycles. The van der Waals surface area contributed by atoms with Gasteiger partial charge in [0.1, 0.15) is 34.4 Å². The van der Waals surface area contributed by atoms with Crippen molar-refractivity contribution in [3.8, 4) is 33.8 Å². The number of rotatable bonds is 29. The molecule has 0 saturated heterocycles. The molecule has 4 aromatic heterocycles. The number of nitrogens with one attached hydrogen (secondary N) is 4. The molecule has 6 unspecified atom stereocenters. The molecule has 0 bridgehead atoms. The Labute approximate surface area is 745 Å². The van der Waals surface area contributed by atoms with Gasteiger partial charge in [0.2, 0.25) is 11.8 Å². The van der Waals surface area contributed by atoms with Gasteiger partial charge in [-0.05, 0) is 249 Å².